The van der Waals surface area contributed by atoms with E-state index < -0.39 is 0 Å². The van der Waals surface area contributed by atoms with Gasteiger partial charge >= 0.3 is 0 Å². The molecule has 5 N–H and O–H groups in total. The minimum atomic E-state index is 0. The molecule has 73 heavy (non-hydrogen) atoms. The number of fused-ring (bicyclic) bond motifs is 2. The van der Waals surface area contributed by atoms with Gasteiger partial charge in [-0.1, -0.05) is 34.7 Å². The highest BCUT2D eigenvalue weighted by molar-refractivity contribution is 9.08. The molecule has 21 heteroatoms. The summed E-state index contributed by atoms with van der Waals surface area (Å²) in [4.78, 5) is 31.3. The van der Waals surface area contributed by atoms with Gasteiger partial charge in [0.15, 0.2) is 34.3 Å². The molecule has 388 valence electrons. The van der Waals surface area contributed by atoms with Gasteiger partial charge in [-0.25, -0.2) is 24.9 Å². The molecule has 7 aromatic rings. The molecule has 0 spiro atoms. The largest absolute Gasteiger partial charge is 0.493 e. The van der Waals surface area contributed by atoms with E-state index in [4.69, 9.17) is 39.4 Å². The molecule has 18 nitrogen and oxygen atoms in total. The van der Waals surface area contributed by atoms with Crippen LogP contribution in [-0.4, -0.2) is 121 Å². The van der Waals surface area contributed by atoms with Gasteiger partial charge in [0, 0.05) is 47.0 Å². The summed E-state index contributed by atoms with van der Waals surface area (Å²) in [6.07, 6.45) is 9.54. The third kappa shape index (κ3) is 16.8. The number of nitrogen functional groups attached to an aromatic ring is 1. The number of isothiocyanates is 1. The number of aromatic nitrogens is 5. The van der Waals surface area contributed by atoms with Crippen molar-refractivity contribution in [3.63, 3.8) is 0 Å². The first kappa shape index (κ1) is 58.6. The van der Waals surface area contributed by atoms with Gasteiger partial charge < -0.3 is 52.6 Å². The van der Waals surface area contributed by atoms with Crippen molar-refractivity contribution < 1.29 is 28.4 Å². The van der Waals surface area contributed by atoms with Crippen LogP contribution in [0.5, 0.6) is 34.5 Å². The van der Waals surface area contributed by atoms with Crippen molar-refractivity contribution in [2.24, 2.45) is 10.7 Å². The standard InChI is InChI=1S/C25H28N6O3S.C13H16N2OS.C11H11BrN2O2.CH2N2.CH4.CH3/c1-32-20-13-18-19(14-21(20)33-2)27-15-28-22(18)23-24(26)30-25(35-23)29-16-5-7-17(8-6-16)34-12-11-31-9-3-4-10-31;17-11-14-12-3-5-13(6-4-12)16-10-9-15-7-1-2-8-15;1-15-10-3-7-8(4-11(10)16-2)13-6-14-9(7)5-12;2-1-3;;/h5-8,13-15H,3-4,9-12,26H2,1-2H3,(H,29,30);3-6H,1-2,7-10H2;3-4,6H,5H2,1-2H3;2H2;1H4;1H3/q;;;;;-1. The van der Waals surface area contributed by atoms with E-state index in [1.54, 1.807) is 34.8 Å². The normalized spacial score (nSPS) is 12.6. The van der Waals surface area contributed by atoms with Gasteiger partial charge in [0.05, 0.1) is 66.6 Å². The number of benzene rings is 4. The minimum absolute atomic E-state index is 0. The van der Waals surface area contributed by atoms with Crippen LogP contribution in [0.2, 0.25) is 0 Å². The lowest BCUT2D eigenvalue weighted by Gasteiger charge is -2.15. The Morgan fingerprint density at radius 3 is 1.68 bits per heavy atom. The number of likely N-dealkylation sites (tertiary alicyclic amines) is 2. The highest BCUT2D eigenvalue weighted by Gasteiger charge is 2.19. The number of hydrogen-bond donors (Lipinski definition) is 3. The molecule has 3 aromatic heterocycles. The zero-order valence-electron chi connectivity index (χ0n) is 41.1. The second-order valence-electron chi connectivity index (χ2n) is 15.6. The molecule has 0 saturated carbocycles. The number of alkyl halides is 1. The number of methoxy groups -OCH3 is 4. The van der Waals surface area contributed by atoms with Crippen LogP contribution in [0.4, 0.5) is 22.3 Å². The van der Waals surface area contributed by atoms with Crippen molar-refractivity contribution in [3.8, 4) is 51.3 Å². The first-order valence-electron chi connectivity index (χ1n) is 22.6. The van der Waals surface area contributed by atoms with Crippen LogP contribution in [-0.2, 0) is 5.33 Å². The zero-order valence-corrected chi connectivity index (χ0v) is 44.3. The van der Waals surface area contributed by atoms with Crippen LogP contribution in [0, 0.1) is 18.9 Å². The molecule has 0 unspecified atom stereocenters. The van der Waals surface area contributed by atoms with Gasteiger partial charge in [0.25, 0.3) is 0 Å². The monoisotopic (exact) mass is 1100 g/mol. The number of nitrogens with two attached hydrogens (primary N) is 2. The van der Waals surface area contributed by atoms with Gasteiger partial charge in [-0.15, -0.1) is 0 Å². The number of anilines is 3. The summed E-state index contributed by atoms with van der Waals surface area (Å²) in [6, 6.07) is 22.9. The SMILES string of the molecule is C.COc1cc2ncnc(-c3sc(Nc4ccc(OCCN5CCCC5)cc4)nc3N)c2cc1OC.COc1cc2ncnc(CBr)c2cc1OC.N#CN.S=C=Nc1ccc(OCCN2CCCC2)cc1.[CH3-]. The Morgan fingerprint density at radius 2 is 1.19 bits per heavy atom. The summed E-state index contributed by atoms with van der Waals surface area (Å²) in [6.45, 7) is 8.21. The van der Waals surface area contributed by atoms with E-state index in [9.17, 15) is 0 Å². The summed E-state index contributed by atoms with van der Waals surface area (Å²) in [5.41, 5.74) is 15.4. The topological polar surface area (TPSA) is 227 Å². The molecular formula is C52H64BrN12O6S2-. The van der Waals surface area contributed by atoms with Crippen LogP contribution in [0.15, 0.2) is 90.4 Å². The quantitative estimate of drug-likeness (QED) is 0.0192. The number of halogens is 1. The number of thiazole rings is 1. The lowest BCUT2D eigenvalue weighted by Crippen LogP contribution is -2.25. The van der Waals surface area contributed by atoms with Gasteiger partial charge in [0.2, 0.25) is 0 Å². The van der Waals surface area contributed by atoms with E-state index in [0.717, 1.165) is 74.9 Å². The fourth-order valence-corrected chi connectivity index (χ4v) is 9.16. The Labute approximate surface area is 445 Å². The van der Waals surface area contributed by atoms with Crippen LogP contribution in [0.25, 0.3) is 32.4 Å². The van der Waals surface area contributed by atoms with Gasteiger partial charge in [-0.2, -0.15) is 10.3 Å². The summed E-state index contributed by atoms with van der Waals surface area (Å²) < 4.78 is 32.9. The predicted octanol–water partition coefficient (Wildman–Crippen LogP) is 10.5. The van der Waals surface area contributed by atoms with Crippen molar-refractivity contribution in [2.75, 3.05) is 92.0 Å². The van der Waals surface area contributed by atoms with Gasteiger partial charge in [0.1, 0.15) is 43.2 Å². The molecule has 0 amide bonds. The average Bonchev–Trinajstić information content (AvgIpc) is 4.21. The second-order valence-corrected chi connectivity index (χ2v) is 17.4. The lowest BCUT2D eigenvalue weighted by atomic mass is 10.1. The highest BCUT2D eigenvalue weighted by Crippen LogP contribution is 2.41. The average molecular weight is 1100 g/mol. The summed E-state index contributed by atoms with van der Waals surface area (Å²) in [5, 5.41) is 15.9. The fraction of sp³-hybridized carbons (Fsp3) is 0.346. The predicted molar refractivity (Wildman–Crippen MR) is 300 cm³/mol. The summed E-state index contributed by atoms with van der Waals surface area (Å²) in [7, 11) is 6.41. The molecule has 2 aliphatic rings. The first-order valence-corrected chi connectivity index (χ1v) is 25.0. The molecule has 2 aliphatic heterocycles. The Kier molecular flexibility index (Phi) is 24.8. The Morgan fingerprint density at radius 1 is 0.726 bits per heavy atom. The van der Waals surface area contributed by atoms with Crippen molar-refractivity contribution in [2.45, 2.75) is 38.4 Å². The number of rotatable bonds is 17. The molecule has 0 bridgehead atoms. The van der Waals surface area contributed by atoms with Gasteiger partial charge in [-0.05, 0) is 125 Å². The van der Waals surface area contributed by atoms with E-state index in [1.807, 2.05) is 72.8 Å². The van der Waals surface area contributed by atoms with E-state index in [0.29, 0.717) is 51.6 Å². The Hall–Kier alpha value is -6.92. The van der Waals surface area contributed by atoms with E-state index >= 15 is 0 Å². The maximum atomic E-state index is 7.10. The molecule has 0 atom stereocenters. The molecule has 5 heterocycles. The number of nitriles is 1. The second kappa shape index (κ2) is 30.8. The van der Waals surface area contributed by atoms with Crippen LogP contribution in [0.1, 0.15) is 38.8 Å². The van der Waals surface area contributed by atoms with Crippen LogP contribution >= 0.6 is 39.5 Å². The molecule has 2 saturated heterocycles. The smallest absolute Gasteiger partial charge is 0.189 e. The number of aliphatic imine (C=N–C) groups is 1. The number of hydrogen-bond acceptors (Lipinski definition) is 20. The molecule has 2 fully saturated rings. The number of nitrogens with zero attached hydrogens (tertiary/aromatic N) is 9. The number of nitrogens with one attached hydrogen (secondary N) is 1. The van der Waals surface area contributed by atoms with Crippen LogP contribution in [0.3, 0.4) is 0 Å². The van der Waals surface area contributed by atoms with E-state index in [-0.39, 0.29) is 14.9 Å². The Bertz CT molecular complexity index is 2870. The van der Waals surface area contributed by atoms with E-state index in [1.165, 1.54) is 75.7 Å². The third-order valence-electron chi connectivity index (χ3n) is 11.2. The molecule has 0 radical (unpaired) electrons. The van der Waals surface area contributed by atoms with Crippen LogP contribution < -0.4 is 45.2 Å². The minimum Gasteiger partial charge on any atom is -0.493 e. The Balaban J connectivity index is 0.000000255. The fourth-order valence-electron chi connectivity index (χ4n) is 7.69. The van der Waals surface area contributed by atoms with Crippen molar-refractivity contribution in [1.82, 2.24) is 34.7 Å². The number of ether oxygens (including phenoxy) is 6. The molecule has 9 rings (SSSR count). The van der Waals surface area contributed by atoms with Crippen molar-refractivity contribution in [1.29, 1.82) is 5.26 Å². The molecule has 4 aromatic carbocycles. The first-order chi connectivity index (χ1) is 34.7. The van der Waals surface area contributed by atoms with Gasteiger partial charge in [-0.3, -0.25) is 9.80 Å². The zero-order chi connectivity index (χ0) is 50.4. The third-order valence-corrected chi connectivity index (χ3v) is 12.8. The molecular weight excluding hydrogens is 1030 g/mol. The number of thiocarbonyl (C=S) groups is 1. The summed E-state index contributed by atoms with van der Waals surface area (Å²) >= 11 is 9.37. The maximum Gasteiger partial charge on any atom is 0.189 e. The molecule has 0 aliphatic carbocycles. The van der Waals surface area contributed by atoms with Crippen molar-refractivity contribution in [3.05, 3.63) is 98.6 Å². The lowest BCUT2D eigenvalue weighted by molar-refractivity contribution is 0.237. The van der Waals surface area contributed by atoms with Crippen molar-refractivity contribution >= 4 is 88.8 Å². The summed E-state index contributed by atoms with van der Waals surface area (Å²) in [5.74, 6) is 4.70. The van der Waals surface area contributed by atoms with E-state index in [2.05, 4.69) is 84.1 Å². The maximum absolute atomic E-state index is 7.10. The highest BCUT2D eigenvalue weighted by atomic mass is 79.9.